The molecule has 3 aromatic rings. The van der Waals surface area contributed by atoms with Crippen molar-refractivity contribution in [3.63, 3.8) is 0 Å². The molecule has 0 saturated carbocycles. The lowest BCUT2D eigenvalue weighted by Gasteiger charge is -2.31. The third-order valence-corrected chi connectivity index (χ3v) is 4.79. The summed E-state index contributed by atoms with van der Waals surface area (Å²) in [4.78, 5) is 7.43. The van der Waals surface area contributed by atoms with Crippen molar-refractivity contribution in [3.8, 4) is 11.3 Å². The van der Waals surface area contributed by atoms with Crippen LogP contribution < -0.4 is 10.2 Å². The van der Waals surface area contributed by atoms with Gasteiger partial charge in [-0.15, -0.1) is 0 Å². The smallest absolute Gasteiger partial charge is 0.0730 e. The maximum atomic E-state index is 4.93. The Morgan fingerprint density at radius 3 is 2.54 bits per heavy atom. The van der Waals surface area contributed by atoms with E-state index in [0.717, 1.165) is 43.8 Å². The summed E-state index contributed by atoms with van der Waals surface area (Å²) in [7, 11) is 0. The Morgan fingerprint density at radius 2 is 1.79 bits per heavy atom. The third kappa shape index (κ3) is 2.87. The highest BCUT2D eigenvalue weighted by Gasteiger charge is 2.16. The normalized spacial score (nSPS) is 15.0. The van der Waals surface area contributed by atoms with E-state index in [9.17, 15) is 0 Å². The van der Waals surface area contributed by atoms with Gasteiger partial charge >= 0.3 is 0 Å². The van der Waals surface area contributed by atoms with E-state index in [4.69, 9.17) is 4.98 Å². The molecular weight excluding hydrogens is 294 g/mol. The van der Waals surface area contributed by atoms with E-state index in [0.29, 0.717) is 0 Å². The number of anilines is 1. The molecule has 4 rings (SSSR count). The molecular formula is C21H23N3. The molecule has 24 heavy (non-hydrogen) atoms. The molecule has 0 bridgehead atoms. The van der Waals surface area contributed by atoms with Crippen LogP contribution in [0.4, 0.5) is 5.69 Å². The number of aromatic nitrogens is 1. The van der Waals surface area contributed by atoms with Crippen LogP contribution in [-0.2, 0) is 6.42 Å². The minimum absolute atomic E-state index is 1.04. The number of piperazine rings is 1. The van der Waals surface area contributed by atoms with Crippen molar-refractivity contribution < 1.29 is 0 Å². The molecule has 1 aliphatic rings. The van der Waals surface area contributed by atoms with Gasteiger partial charge in [0.15, 0.2) is 0 Å². The Kier molecular flexibility index (Phi) is 4.18. The fraction of sp³-hybridized carbons (Fsp3) is 0.286. The van der Waals surface area contributed by atoms with Crippen molar-refractivity contribution in [3.05, 3.63) is 60.2 Å². The number of fused-ring (bicyclic) bond motifs is 1. The number of aryl methyl sites for hydroxylation is 1. The zero-order valence-corrected chi connectivity index (χ0v) is 14.1. The number of nitrogens with one attached hydrogen (secondary N) is 1. The fourth-order valence-electron chi connectivity index (χ4n) is 3.40. The first-order valence-corrected chi connectivity index (χ1v) is 8.80. The molecule has 2 aromatic carbocycles. The lowest BCUT2D eigenvalue weighted by atomic mass is 10.0. The van der Waals surface area contributed by atoms with Crippen LogP contribution in [0.1, 0.15) is 12.5 Å². The molecule has 1 aliphatic heterocycles. The van der Waals surface area contributed by atoms with Crippen LogP contribution in [0, 0.1) is 0 Å². The van der Waals surface area contributed by atoms with Gasteiger partial charge in [-0.1, -0.05) is 43.3 Å². The van der Waals surface area contributed by atoms with E-state index in [-0.39, 0.29) is 0 Å². The van der Waals surface area contributed by atoms with Crippen LogP contribution in [-0.4, -0.2) is 31.2 Å². The lowest BCUT2D eigenvalue weighted by Crippen LogP contribution is -2.43. The Balaban J connectivity index is 1.90. The quantitative estimate of drug-likeness (QED) is 0.795. The monoisotopic (exact) mass is 317 g/mol. The van der Waals surface area contributed by atoms with Crippen LogP contribution in [0.3, 0.4) is 0 Å². The van der Waals surface area contributed by atoms with E-state index in [1.807, 2.05) is 0 Å². The van der Waals surface area contributed by atoms with Gasteiger partial charge in [0.05, 0.1) is 11.2 Å². The zero-order valence-electron chi connectivity index (χ0n) is 14.1. The molecule has 0 radical (unpaired) electrons. The minimum Gasteiger partial charge on any atom is -0.368 e. The van der Waals surface area contributed by atoms with Gasteiger partial charge in [-0.25, -0.2) is 4.98 Å². The number of rotatable bonds is 3. The van der Waals surface area contributed by atoms with Crippen LogP contribution in [0.15, 0.2) is 54.6 Å². The average molecular weight is 317 g/mol. The summed E-state index contributed by atoms with van der Waals surface area (Å²) in [5, 5.41) is 4.72. The summed E-state index contributed by atoms with van der Waals surface area (Å²) < 4.78 is 0. The molecule has 3 heteroatoms. The highest BCUT2D eigenvalue weighted by Crippen LogP contribution is 2.32. The van der Waals surface area contributed by atoms with E-state index in [2.05, 4.69) is 71.7 Å². The van der Waals surface area contributed by atoms with Crippen molar-refractivity contribution in [2.24, 2.45) is 0 Å². The van der Waals surface area contributed by atoms with Gasteiger partial charge in [0.1, 0.15) is 0 Å². The summed E-state index contributed by atoms with van der Waals surface area (Å²) in [6, 6.07) is 19.4. The summed E-state index contributed by atoms with van der Waals surface area (Å²) in [6.07, 6.45) is 1.05. The van der Waals surface area contributed by atoms with Gasteiger partial charge < -0.3 is 10.2 Å². The second-order valence-electron chi connectivity index (χ2n) is 6.33. The first-order chi connectivity index (χ1) is 11.8. The van der Waals surface area contributed by atoms with E-state index < -0.39 is 0 Å². The molecule has 2 heterocycles. The Bertz CT molecular complexity index is 836. The van der Waals surface area contributed by atoms with Crippen LogP contribution in [0.25, 0.3) is 22.2 Å². The molecule has 1 N–H and O–H groups in total. The SMILES string of the molecule is CCc1ccc2nc(-c3ccccc3)cc(N3CCNCC3)c2c1. The predicted molar refractivity (Wildman–Crippen MR) is 102 cm³/mol. The fourth-order valence-corrected chi connectivity index (χ4v) is 3.40. The van der Waals surface area contributed by atoms with Crippen molar-refractivity contribution in [2.45, 2.75) is 13.3 Å². The van der Waals surface area contributed by atoms with Crippen molar-refractivity contribution in [2.75, 3.05) is 31.1 Å². The largest absolute Gasteiger partial charge is 0.368 e. The molecule has 0 spiro atoms. The Hall–Kier alpha value is -2.39. The number of benzene rings is 2. The Labute approximate surface area is 143 Å². The van der Waals surface area contributed by atoms with E-state index >= 15 is 0 Å². The highest BCUT2D eigenvalue weighted by atomic mass is 15.2. The first kappa shape index (κ1) is 15.2. The molecule has 0 amide bonds. The molecule has 0 aliphatic carbocycles. The highest BCUT2D eigenvalue weighted by molar-refractivity contribution is 5.94. The molecule has 1 aromatic heterocycles. The lowest BCUT2D eigenvalue weighted by molar-refractivity contribution is 0.590. The van der Waals surface area contributed by atoms with Crippen LogP contribution in [0.2, 0.25) is 0 Å². The maximum Gasteiger partial charge on any atom is 0.0730 e. The topological polar surface area (TPSA) is 28.2 Å². The predicted octanol–water partition coefficient (Wildman–Crippen LogP) is 3.87. The standard InChI is InChI=1S/C21H23N3/c1-2-16-8-9-19-18(14-16)21(24-12-10-22-11-13-24)15-20(23-19)17-6-4-3-5-7-17/h3-9,14-15,22H,2,10-13H2,1H3. The van der Waals surface area contributed by atoms with Crippen molar-refractivity contribution in [1.29, 1.82) is 0 Å². The van der Waals surface area contributed by atoms with Gasteiger partial charge in [-0.3, -0.25) is 0 Å². The number of hydrogen-bond acceptors (Lipinski definition) is 3. The number of pyridine rings is 1. The first-order valence-electron chi connectivity index (χ1n) is 8.80. The summed E-state index contributed by atoms with van der Waals surface area (Å²) in [5.41, 5.74) is 6.00. The molecule has 0 unspecified atom stereocenters. The van der Waals surface area contributed by atoms with Gasteiger partial charge in [-0.05, 0) is 30.2 Å². The van der Waals surface area contributed by atoms with Crippen molar-refractivity contribution in [1.82, 2.24) is 10.3 Å². The van der Waals surface area contributed by atoms with Crippen LogP contribution in [0.5, 0.6) is 0 Å². The van der Waals surface area contributed by atoms with Gasteiger partial charge in [0.2, 0.25) is 0 Å². The third-order valence-electron chi connectivity index (χ3n) is 4.79. The van der Waals surface area contributed by atoms with Crippen LogP contribution >= 0.6 is 0 Å². The zero-order chi connectivity index (χ0) is 16.4. The Morgan fingerprint density at radius 1 is 1.00 bits per heavy atom. The van der Waals surface area contributed by atoms with Crippen molar-refractivity contribution >= 4 is 16.6 Å². The number of hydrogen-bond donors (Lipinski definition) is 1. The molecule has 0 atom stereocenters. The number of nitrogens with zero attached hydrogens (tertiary/aromatic N) is 2. The van der Waals surface area contributed by atoms with E-state index in [1.54, 1.807) is 0 Å². The second-order valence-corrected chi connectivity index (χ2v) is 6.33. The summed E-state index contributed by atoms with van der Waals surface area (Å²) in [6.45, 7) is 6.38. The minimum atomic E-state index is 1.04. The molecule has 1 fully saturated rings. The molecule has 3 nitrogen and oxygen atoms in total. The summed E-state index contributed by atoms with van der Waals surface area (Å²) in [5.74, 6) is 0. The maximum absolute atomic E-state index is 4.93. The molecule has 122 valence electrons. The molecule has 1 saturated heterocycles. The van der Waals surface area contributed by atoms with E-state index in [1.165, 1.54) is 22.2 Å². The average Bonchev–Trinajstić information content (AvgIpc) is 2.68. The van der Waals surface area contributed by atoms with Gasteiger partial charge in [0.25, 0.3) is 0 Å². The second kappa shape index (κ2) is 6.62. The van der Waals surface area contributed by atoms with Gasteiger partial charge in [-0.2, -0.15) is 0 Å². The van der Waals surface area contributed by atoms with Gasteiger partial charge in [0, 0.05) is 42.8 Å². The summed E-state index contributed by atoms with van der Waals surface area (Å²) >= 11 is 0.